The number of ether oxygens (including phenoxy) is 2. The summed E-state index contributed by atoms with van der Waals surface area (Å²) in [6.07, 6.45) is 5.83. The minimum absolute atomic E-state index is 0.123. The monoisotopic (exact) mass is 272 g/mol. The van der Waals surface area contributed by atoms with E-state index in [-0.39, 0.29) is 17.8 Å². The van der Waals surface area contributed by atoms with Crippen LogP contribution in [0.4, 0.5) is 0 Å². The molecule has 0 rings (SSSR count). The first-order valence-electron chi connectivity index (χ1n) is 6.94. The maximum absolute atomic E-state index is 11.3. The zero-order valence-corrected chi connectivity index (χ0v) is 13.7. The van der Waals surface area contributed by atoms with Gasteiger partial charge in [0.15, 0.2) is 0 Å². The second-order valence-corrected chi connectivity index (χ2v) is 7.18. The van der Waals surface area contributed by atoms with Crippen LogP contribution in [0.15, 0.2) is 12.7 Å². The molecule has 0 aliphatic carbocycles. The van der Waals surface area contributed by atoms with E-state index < -0.39 is 9.52 Å². The van der Waals surface area contributed by atoms with Crippen molar-refractivity contribution < 1.29 is 14.3 Å². The van der Waals surface area contributed by atoms with Crippen molar-refractivity contribution in [2.45, 2.75) is 63.8 Å². The number of rotatable bonds is 10. The summed E-state index contributed by atoms with van der Waals surface area (Å²) in [5, 5.41) is 0. The summed E-state index contributed by atoms with van der Waals surface area (Å²) in [6, 6.07) is 0. The molecular formula is C14H28O3Si. The number of hydrogen-bond acceptors (Lipinski definition) is 3. The topological polar surface area (TPSA) is 35.5 Å². The van der Waals surface area contributed by atoms with Crippen molar-refractivity contribution in [1.82, 2.24) is 0 Å². The molecule has 0 bridgehead atoms. The molecule has 0 aromatic heterocycles. The number of methoxy groups -OCH3 is 1. The average molecular weight is 272 g/mol. The zero-order valence-electron chi connectivity index (χ0n) is 12.3. The second kappa shape index (κ2) is 10.3. The largest absolute Gasteiger partial charge is 0.464 e. The molecule has 0 saturated carbocycles. The van der Waals surface area contributed by atoms with Gasteiger partial charge in [0.2, 0.25) is 0 Å². The van der Waals surface area contributed by atoms with Gasteiger partial charge in [0.05, 0.1) is 21.4 Å². The smallest absolute Gasteiger partial charge is 0.330 e. The van der Waals surface area contributed by atoms with Gasteiger partial charge in [0, 0.05) is 13.2 Å². The van der Waals surface area contributed by atoms with Crippen molar-refractivity contribution in [1.29, 1.82) is 0 Å². The van der Waals surface area contributed by atoms with Crippen molar-refractivity contribution in [2.24, 2.45) is 0 Å². The molecule has 0 aliphatic rings. The SMILES string of the molecule is C=CC(=O)OC(CCCC)[SiH2]C(CC)C(C)OC. The van der Waals surface area contributed by atoms with Crippen LogP contribution in [0.5, 0.6) is 0 Å². The highest BCUT2D eigenvalue weighted by atomic mass is 28.2. The molecule has 3 nitrogen and oxygen atoms in total. The minimum atomic E-state index is -0.507. The summed E-state index contributed by atoms with van der Waals surface area (Å²) < 4.78 is 10.9. The van der Waals surface area contributed by atoms with Crippen LogP contribution in [0.1, 0.15) is 46.5 Å². The standard InChI is InChI=1S/C14H28O3Si/c1-6-9-10-14(17-13(15)8-3)18-12(7-2)11(4)16-5/h8,11-12,14H,3,6-7,9-10,18H2,1-2,4-5H3. The molecule has 3 unspecified atom stereocenters. The van der Waals surface area contributed by atoms with E-state index in [1.165, 1.54) is 6.08 Å². The molecule has 4 heteroatoms. The Balaban J connectivity index is 4.43. The predicted octanol–water partition coefficient (Wildman–Crippen LogP) is 2.63. The highest BCUT2D eigenvalue weighted by molar-refractivity contribution is 6.39. The Morgan fingerprint density at radius 1 is 1.44 bits per heavy atom. The third kappa shape index (κ3) is 6.96. The molecule has 0 spiro atoms. The lowest BCUT2D eigenvalue weighted by molar-refractivity contribution is -0.139. The van der Waals surface area contributed by atoms with Gasteiger partial charge in [0.25, 0.3) is 0 Å². The van der Waals surface area contributed by atoms with Crippen LogP contribution in [0.25, 0.3) is 0 Å². The predicted molar refractivity (Wildman–Crippen MR) is 78.7 cm³/mol. The third-order valence-electron chi connectivity index (χ3n) is 3.45. The summed E-state index contributed by atoms with van der Waals surface area (Å²) in [5.74, 6) is -0.288. The molecule has 106 valence electrons. The molecule has 0 fully saturated rings. The molecule has 18 heavy (non-hydrogen) atoms. The van der Waals surface area contributed by atoms with E-state index in [0.717, 1.165) is 25.7 Å². The fourth-order valence-electron chi connectivity index (χ4n) is 2.09. The number of unbranched alkanes of at least 4 members (excludes halogenated alkanes) is 1. The van der Waals surface area contributed by atoms with Crippen molar-refractivity contribution in [3.05, 3.63) is 12.7 Å². The minimum Gasteiger partial charge on any atom is -0.464 e. The number of carbonyl (C=O) groups excluding carboxylic acids is 1. The molecule has 0 aliphatic heterocycles. The number of hydrogen-bond donors (Lipinski definition) is 0. The van der Waals surface area contributed by atoms with E-state index in [0.29, 0.717) is 5.54 Å². The fraction of sp³-hybridized carbons (Fsp3) is 0.786. The summed E-state index contributed by atoms with van der Waals surface area (Å²) in [7, 11) is 1.24. The van der Waals surface area contributed by atoms with Gasteiger partial charge in [-0.1, -0.05) is 39.7 Å². The van der Waals surface area contributed by atoms with E-state index in [9.17, 15) is 4.79 Å². The highest BCUT2D eigenvalue weighted by Crippen LogP contribution is 2.20. The van der Waals surface area contributed by atoms with Gasteiger partial charge in [0.1, 0.15) is 0 Å². The maximum atomic E-state index is 11.3. The van der Waals surface area contributed by atoms with E-state index in [1.807, 2.05) is 0 Å². The molecular weight excluding hydrogens is 244 g/mol. The summed E-state index contributed by atoms with van der Waals surface area (Å²) in [4.78, 5) is 11.3. The normalized spacial score (nSPS) is 16.4. The summed E-state index contributed by atoms with van der Waals surface area (Å²) in [5.41, 5.74) is 0.687. The quantitative estimate of drug-likeness (QED) is 0.348. The fourth-order valence-corrected chi connectivity index (χ4v) is 4.46. The first kappa shape index (κ1) is 17.4. The first-order valence-corrected chi connectivity index (χ1v) is 8.58. The van der Waals surface area contributed by atoms with Crippen molar-refractivity contribution in [3.8, 4) is 0 Å². The van der Waals surface area contributed by atoms with Crippen molar-refractivity contribution >= 4 is 15.5 Å². The van der Waals surface area contributed by atoms with Crippen LogP contribution in [-0.4, -0.2) is 34.4 Å². The van der Waals surface area contributed by atoms with Crippen LogP contribution >= 0.6 is 0 Å². The summed E-state index contributed by atoms with van der Waals surface area (Å²) in [6.45, 7) is 9.90. The summed E-state index contributed by atoms with van der Waals surface area (Å²) >= 11 is 0. The average Bonchev–Trinajstić information content (AvgIpc) is 2.40. The van der Waals surface area contributed by atoms with Gasteiger partial charge in [-0.05, 0) is 18.9 Å². The van der Waals surface area contributed by atoms with Gasteiger partial charge in [-0.15, -0.1) is 0 Å². The van der Waals surface area contributed by atoms with Crippen molar-refractivity contribution in [2.75, 3.05) is 7.11 Å². The maximum Gasteiger partial charge on any atom is 0.330 e. The van der Waals surface area contributed by atoms with Crippen LogP contribution in [0, 0.1) is 0 Å². The molecule has 3 atom stereocenters. The van der Waals surface area contributed by atoms with Gasteiger partial charge in [-0.3, -0.25) is 0 Å². The molecule has 0 amide bonds. The Morgan fingerprint density at radius 2 is 2.11 bits per heavy atom. The lowest BCUT2D eigenvalue weighted by atomic mass is 10.2. The first-order chi connectivity index (χ1) is 8.58. The Labute approximate surface area is 114 Å². The number of carbonyl (C=O) groups is 1. The Bertz CT molecular complexity index is 243. The zero-order chi connectivity index (χ0) is 14.0. The second-order valence-electron chi connectivity index (χ2n) is 4.75. The van der Waals surface area contributed by atoms with E-state index >= 15 is 0 Å². The van der Waals surface area contributed by atoms with Gasteiger partial charge >= 0.3 is 5.97 Å². The van der Waals surface area contributed by atoms with Gasteiger partial charge in [-0.25, -0.2) is 4.79 Å². The number of esters is 1. The van der Waals surface area contributed by atoms with Gasteiger partial charge in [-0.2, -0.15) is 0 Å². The molecule has 0 saturated heterocycles. The van der Waals surface area contributed by atoms with E-state index in [4.69, 9.17) is 9.47 Å². The Morgan fingerprint density at radius 3 is 2.56 bits per heavy atom. The Hall–Kier alpha value is -0.613. The van der Waals surface area contributed by atoms with Crippen LogP contribution in [-0.2, 0) is 14.3 Å². The third-order valence-corrected chi connectivity index (χ3v) is 6.40. The van der Waals surface area contributed by atoms with Crippen molar-refractivity contribution in [3.63, 3.8) is 0 Å². The lowest BCUT2D eigenvalue weighted by Gasteiger charge is -2.25. The molecule has 0 N–H and O–H groups in total. The molecule has 0 aromatic rings. The highest BCUT2D eigenvalue weighted by Gasteiger charge is 2.23. The molecule has 0 radical (unpaired) electrons. The molecule has 0 heterocycles. The van der Waals surface area contributed by atoms with E-state index in [1.54, 1.807) is 7.11 Å². The van der Waals surface area contributed by atoms with E-state index in [2.05, 4.69) is 27.4 Å². The molecule has 0 aromatic carbocycles. The van der Waals surface area contributed by atoms with Crippen LogP contribution in [0.3, 0.4) is 0 Å². The van der Waals surface area contributed by atoms with Gasteiger partial charge < -0.3 is 9.47 Å². The lowest BCUT2D eigenvalue weighted by Crippen LogP contribution is -2.31. The Kier molecular flexibility index (Phi) is 9.97. The van der Waals surface area contributed by atoms with Crippen LogP contribution < -0.4 is 0 Å². The van der Waals surface area contributed by atoms with Crippen LogP contribution in [0.2, 0.25) is 5.54 Å².